The highest BCUT2D eigenvalue weighted by Gasteiger charge is 2.21. The Morgan fingerprint density at radius 3 is 1.63 bits per heavy atom. The van der Waals surface area contributed by atoms with E-state index in [9.17, 15) is 0 Å². The molecule has 13 rings (SSSR count). The van der Waals surface area contributed by atoms with Crippen LogP contribution < -0.4 is 0 Å². The van der Waals surface area contributed by atoms with E-state index in [4.69, 9.17) is 8.83 Å². The molecule has 0 radical (unpaired) electrons. The summed E-state index contributed by atoms with van der Waals surface area (Å²) in [7, 11) is 0. The molecule has 0 fully saturated rings. The molecule has 0 aliphatic rings. The topological polar surface area (TPSA) is 31.2 Å². The normalized spacial score (nSPS) is 12.1. The van der Waals surface area contributed by atoms with Crippen LogP contribution in [0.25, 0.3) is 126 Å². The molecule has 0 unspecified atom stereocenters. The van der Waals surface area contributed by atoms with Crippen LogP contribution in [0.4, 0.5) is 0 Å². The van der Waals surface area contributed by atoms with Gasteiger partial charge in [0.05, 0.1) is 17.3 Å². The fourth-order valence-electron chi connectivity index (χ4n) is 9.76. The molecule has 0 saturated carbocycles. The largest absolute Gasteiger partial charge is 0.464 e. The van der Waals surface area contributed by atoms with Crippen LogP contribution >= 0.6 is 0 Å². The van der Waals surface area contributed by atoms with Gasteiger partial charge in [-0.05, 0) is 115 Å². The Balaban J connectivity index is 0.997. The van der Waals surface area contributed by atoms with Crippen molar-refractivity contribution in [2.45, 2.75) is 0 Å². The summed E-state index contributed by atoms with van der Waals surface area (Å²) < 4.78 is 15.3. The second kappa shape index (κ2) is 12.3. The third kappa shape index (κ3) is 4.76. The Labute approximate surface area is 338 Å². The van der Waals surface area contributed by atoms with Gasteiger partial charge in [0.1, 0.15) is 16.7 Å². The number of hydrogen-bond acceptors (Lipinski definition) is 2. The lowest BCUT2D eigenvalue weighted by molar-refractivity contribution is 0.617. The van der Waals surface area contributed by atoms with Gasteiger partial charge < -0.3 is 13.4 Å². The third-order valence-electron chi connectivity index (χ3n) is 12.4. The number of aromatic nitrogens is 1. The summed E-state index contributed by atoms with van der Waals surface area (Å²) in [5.74, 6) is 0. The van der Waals surface area contributed by atoms with Gasteiger partial charge in [0.15, 0.2) is 0 Å². The maximum atomic E-state index is 6.74. The molecule has 0 aliphatic heterocycles. The van der Waals surface area contributed by atoms with Crippen molar-refractivity contribution in [1.29, 1.82) is 0 Å². The van der Waals surface area contributed by atoms with Gasteiger partial charge in [-0.15, -0.1) is 0 Å². The quantitative estimate of drug-likeness (QED) is 0.168. The zero-order valence-electron chi connectivity index (χ0n) is 31.8. The van der Waals surface area contributed by atoms with Crippen molar-refractivity contribution in [3.05, 3.63) is 200 Å². The van der Waals surface area contributed by atoms with Crippen molar-refractivity contribution in [3.8, 4) is 39.1 Å². The lowest BCUT2D eigenvalue weighted by atomic mass is 9.85. The van der Waals surface area contributed by atoms with Gasteiger partial charge in [-0.3, -0.25) is 0 Å². The van der Waals surface area contributed by atoms with Crippen LogP contribution in [0, 0.1) is 0 Å². The number of benzene rings is 10. The molecule has 3 heteroatoms. The van der Waals surface area contributed by atoms with Crippen LogP contribution in [-0.2, 0) is 0 Å². The van der Waals surface area contributed by atoms with Crippen molar-refractivity contribution in [2.75, 3.05) is 0 Å². The van der Waals surface area contributed by atoms with E-state index in [1.807, 2.05) is 6.26 Å². The van der Waals surface area contributed by atoms with E-state index in [0.29, 0.717) is 0 Å². The Bertz CT molecular complexity index is 3790. The SMILES string of the molecule is c1ccc(-n2c3ccccc3c3ccc(-c4c5ccccc5c(-c5ccc6c(c5)oc5cc7c(-c8ccc9ccccc9c8)coc7cc56)c5ccccc45)cc32)cc1. The molecule has 0 spiro atoms. The molecule has 3 aromatic heterocycles. The molecule has 0 N–H and O–H groups in total. The van der Waals surface area contributed by atoms with Crippen LogP contribution in [-0.4, -0.2) is 4.57 Å². The van der Waals surface area contributed by atoms with Crippen molar-refractivity contribution < 1.29 is 8.83 Å². The van der Waals surface area contributed by atoms with Crippen molar-refractivity contribution in [3.63, 3.8) is 0 Å². The fourth-order valence-corrected chi connectivity index (χ4v) is 9.76. The summed E-state index contributed by atoms with van der Waals surface area (Å²) in [6.45, 7) is 0. The molecule has 3 nitrogen and oxygen atoms in total. The molecular weight excluding hydrogens is 719 g/mol. The monoisotopic (exact) mass is 751 g/mol. The van der Waals surface area contributed by atoms with E-state index in [-0.39, 0.29) is 0 Å². The smallest absolute Gasteiger partial charge is 0.136 e. The number of para-hydroxylation sites is 2. The maximum absolute atomic E-state index is 6.74. The summed E-state index contributed by atoms with van der Waals surface area (Å²) >= 11 is 0. The predicted octanol–water partition coefficient (Wildman–Crippen LogP) is 15.9. The number of rotatable bonds is 4. The van der Waals surface area contributed by atoms with Crippen molar-refractivity contribution in [1.82, 2.24) is 4.57 Å². The Hall–Kier alpha value is -7.88. The highest BCUT2D eigenvalue weighted by Crippen LogP contribution is 2.46. The molecule has 0 amide bonds. The maximum Gasteiger partial charge on any atom is 0.136 e. The fraction of sp³-hybridized carbons (Fsp3) is 0. The molecule has 0 saturated heterocycles. The van der Waals surface area contributed by atoms with Gasteiger partial charge in [-0.25, -0.2) is 0 Å². The van der Waals surface area contributed by atoms with Crippen LogP contribution in [0.3, 0.4) is 0 Å². The summed E-state index contributed by atoms with van der Waals surface area (Å²) in [5.41, 5.74) is 13.0. The average Bonchev–Trinajstić information content (AvgIpc) is 3.98. The first-order chi connectivity index (χ1) is 29.2. The minimum absolute atomic E-state index is 0.849. The average molecular weight is 752 g/mol. The standard InChI is InChI=1S/C56H33NO2/c1-2-14-39(15-3-1)57-50-21-11-10-16-40(50)41-26-24-37(29-51(41)57)55-43-17-6-8-19-45(43)56(46-20-9-7-18-44(46)55)38-25-27-42-47-31-52-48(32-54(47)59-53(42)30-38)49(33-58-52)36-23-22-34-12-4-5-13-35(34)28-36/h1-33H. The van der Waals surface area contributed by atoms with Crippen LogP contribution in [0.2, 0.25) is 0 Å². The Morgan fingerprint density at radius 2 is 0.881 bits per heavy atom. The van der Waals surface area contributed by atoms with E-state index in [0.717, 1.165) is 55.3 Å². The lowest BCUT2D eigenvalue weighted by Gasteiger charge is -2.18. The minimum Gasteiger partial charge on any atom is -0.464 e. The van der Waals surface area contributed by atoms with E-state index in [2.05, 4.69) is 199 Å². The van der Waals surface area contributed by atoms with E-state index in [1.54, 1.807) is 0 Å². The summed E-state index contributed by atoms with van der Waals surface area (Å²) in [6, 6.07) is 70.1. The van der Waals surface area contributed by atoms with E-state index in [1.165, 1.54) is 70.8 Å². The molecule has 10 aromatic carbocycles. The van der Waals surface area contributed by atoms with Crippen LogP contribution in [0.5, 0.6) is 0 Å². The third-order valence-corrected chi connectivity index (χ3v) is 12.4. The molecule has 0 bridgehead atoms. The molecule has 59 heavy (non-hydrogen) atoms. The van der Waals surface area contributed by atoms with E-state index < -0.39 is 0 Å². The van der Waals surface area contributed by atoms with Crippen LogP contribution in [0.15, 0.2) is 209 Å². The number of hydrogen-bond donors (Lipinski definition) is 0. The molecule has 0 atom stereocenters. The highest BCUT2D eigenvalue weighted by molar-refractivity contribution is 6.23. The van der Waals surface area contributed by atoms with Gasteiger partial charge in [0.25, 0.3) is 0 Å². The van der Waals surface area contributed by atoms with Gasteiger partial charge in [0, 0.05) is 38.2 Å². The minimum atomic E-state index is 0.849. The van der Waals surface area contributed by atoms with Gasteiger partial charge in [-0.1, -0.05) is 140 Å². The number of fused-ring (bicyclic) bond motifs is 10. The Kier molecular flexibility index (Phi) is 6.72. The highest BCUT2D eigenvalue weighted by atomic mass is 16.3. The number of nitrogens with zero attached hydrogens (tertiary/aromatic N) is 1. The first-order valence-corrected chi connectivity index (χ1v) is 20.1. The van der Waals surface area contributed by atoms with Crippen molar-refractivity contribution in [2.24, 2.45) is 0 Å². The first kappa shape index (κ1) is 32.2. The van der Waals surface area contributed by atoms with Crippen LogP contribution in [0.1, 0.15) is 0 Å². The van der Waals surface area contributed by atoms with E-state index >= 15 is 0 Å². The van der Waals surface area contributed by atoms with Crippen molar-refractivity contribution >= 4 is 87.0 Å². The Morgan fingerprint density at radius 1 is 0.322 bits per heavy atom. The molecule has 274 valence electrons. The lowest BCUT2D eigenvalue weighted by Crippen LogP contribution is -1.94. The second-order valence-electron chi connectivity index (χ2n) is 15.6. The van der Waals surface area contributed by atoms with Gasteiger partial charge in [0.2, 0.25) is 0 Å². The summed E-state index contributed by atoms with van der Waals surface area (Å²) in [4.78, 5) is 0. The van der Waals surface area contributed by atoms with Gasteiger partial charge in [-0.2, -0.15) is 0 Å². The van der Waals surface area contributed by atoms with Gasteiger partial charge >= 0.3 is 0 Å². The first-order valence-electron chi connectivity index (χ1n) is 20.1. The molecular formula is C56H33NO2. The second-order valence-corrected chi connectivity index (χ2v) is 15.6. The molecule has 0 aliphatic carbocycles. The summed E-state index contributed by atoms with van der Waals surface area (Å²) in [5, 5.41) is 12.9. The summed E-state index contributed by atoms with van der Waals surface area (Å²) in [6.07, 6.45) is 1.87. The zero-order chi connectivity index (χ0) is 38.6. The molecule has 13 aromatic rings. The number of furan rings is 2. The molecule has 3 heterocycles. The predicted molar refractivity (Wildman–Crippen MR) is 247 cm³/mol. The zero-order valence-corrected chi connectivity index (χ0v) is 31.8.